The summed E-state index contributed by atoms with van der Waals surface area (Å²) in [7, 11) is -5.96. The van der Waals surface area contributed by atoms with E-state index in [1.807, 2.05) is 36.4 Å². The minimum Gasteiger partial charge on any atom is -0.497 e. The van der Waals surface area contributed by atoms with Crippen LogP contribution < -0.4 is 15.3 Å². The minimum atomic E-state index is -3.97. The number of hydrogen-bond acceptors (Lipinski definition) is 4. The van der Waals surface area contributed by atoms with Gasteiger partial charge in [-0.3, -0.25) is 0 Å². The van der Waals surface area contributed by atoms with Gasteiger partial charge in [-0.2, -0.15) is 0 Å². The van der Waals surface area contributed by atoms with E-state index in [2.05, 4.69) is 6.58 Å². The number of rotatable bonds is 7. The highest BCUT2D eigenvalue weighted by atomic mass is 32.2. The Bertz CT molecular complexity index is 1290. The molecule has 34 heavy (non-hydrogen) atoms. The molecule has 176 valence electrons. The van der Waals surface area contributed by atoms with Crippen molar-refractivity contribution in [2.24, 2.45) is 0 Å². The summed E-state index contributed by atoms with van der Waals surface area (Å²) in [5.41, 5.74) is 0.819. The van der Waals surface area contributed by atoms with E-state index < -0.39 is 17.0 Å². The first-order valence-electron chi connectivity index (χ1n) is 11.4. The Kier molecular flexibility index (Phi) is 7.25. The summed E-state index contributed by atoms with van der Waals surface area (Å²) in [6, 6.07) is 24.5. The van der Waals surface area contributed by atoms with Gasteiger partial charge in [0.25, 0.3) is 0 Å². The van der Waals surface area contributed by atoms with E-state index in [4.69, 9.17) is 4.74 Å². The second-order valence-electron chi connectivity index (χ2n) is 8.40. The van der Waals surface area contributed by atoms with Crippen LogP contribution in [0.4, 0.5) is 0 Å². The molecule has 6 heteroatoms. The molecule has 1 aliphatic carbocycles. The Hall–Kier alpha value is -2.88. The van der Waals surface area contributed by atoms with Crippen LogP contribution in [-0.4, -0.2) is 15.5 Å². The summed E-state index contributed by atoms with van der Waals surface area (Å²) in [4.78, 5) is 0.281. The van der Waals surface area contributed by atoms with Gasteiger partial charge in [0.2, 0.25) is 9.84 Å². The predicted octanol–water partition coefficient (Wildman–Crippen LogP) is 6.21. The molecule has 4 nitrogen and oxygen atoms in total. The summed E-state index contributed by atoms with van der Waals surface area (Å²) in [6.45, 7) is 4.26. The lowest BCUT2D eigenvalue weighted by atomic mass is 9.94. The lowest BCUT2D eigenvalue weighted by Gasteiger charge is -2.27. The van der Waals surface area contributed by atoms with Crippen LogP contribution in [0.5, 0.6) is 5.75 Å². The summed E-state index contributed by atoms with van der Waals surface area (Å²) < 4.78 is 48.4. The molecule has 0 spiro atoms. The van der Waals surface area contributed by atoms with Crippen molar-refractivity contribution in [1.29, 1.82) is 0 Å². The molecule has 0 amide bonds. The standard InChI is InChI=1S/C28H29O4PS/c1-22(33(29,25-14-8-4-9-15-25)26-16-10-5-11-17-26)28(23-12-6-3-7-13-23)34(30,31)27-20-18-24(32-2)19-21-27/h4-5,8-11,14-21H,1,3,6-7,12-13H2,2H3. The van der Waals surface area contributed by atoms with Crippen molar-refractivity contribution in [3.63, 3.8) is 0 Å². The molecular formula is C28H29O4PS. The summed E-state index contributed by atoms with van der Waals surface area (Å²) in [5.74, 6) is 0.573. The predicted molar refractivity (Wildman–Crippen MR) is 139 cm³/mol. The van der Waals surface area contributed by atoms with Crippen LogP contribution in [0.2, 0.25) is 0 Å². The average molecular weight is 493 g/mol. The summed E-state index contributed by atoms with van der Waals surface area (Å²) in [5, 5.41) is 1.33. The molecule has 0 heterocycles. The van der Waals surface area contributed by atoms with Crippen LogP contribution in [0.25, 0.3) is 0 Å². The summed E-state index contributed by atoms with van der Waals surface area (Å²) in [6.07, 6.45) is 4.19. The molecule has 0 N–H and O–H groups in total. The fourth-order valence-corrected chi connectivity index (χ4v) is 9.43. The van der Waals surface area contributed by atoms with E-state index in [1.165, 1.54) is 7.11 Å². The second kappa shape index (κ2) is 10.2. The van der Waals surface area contributed by atoms with Crippen LogP contribution in [0.3, 0.4) is 0 Å². The van der Waals surface area contributed by atoms with Crippen molar-refractivity contribution in [1.82, 2.24) is 0 Å². The maximum atomic E-state index is 15.0. The Labute approximate surface area is 202 Å². The molecule has 0 unspecified atom stereocenters. The highest BCUT2D eigenvalue weighted by Crippen LogP contribution is 2.56. The van der Waals surface area contributed by atoms with Gasteiger partial charge in [-0.15, -0.1) is 0 Å². The number of sulfone groups is 1. The Morgan fingerprint density at radius 1 is 0.794 bits per heavy atom. The molecule has 1 fully saturated rings. The molecule has 0 saturated heterocycles. The quantitative estimate of drug-likeness (QED) is 0.368. The zero-order chi connectivity index (χ0) is 24.2. The molecule has 0 aromatic heterocycles. The van der Waals surface area contributed by atoms with Crippen molar-refractivity contribution in [3.8, 4) is 5.75 Å². The highest BCUT2D eigenvalue weighted by molar-refractivity contribution is 7.97. The first-order chi connectivity index (χ1) is 16.4. The maximum Gasteiger partial charge on any atom is 0.207 e. The van der Waals surface area contributed by atoms with E-state index in [-0.39, 0.29) is 15.1 Å². The SMILES string of the molecule is C=C(C(=C1CCCCC1)S(=O)(=O)c1ccc(OC)cc1)P(=O)(c1ccccc1)c1ccccc1. The number of methoxy groups -OCH3 is 1. The first-order valence-corrected chi connectivity index (χ1v) is 14.6. The van der Waals surface area contributed by atoms with Crippen LogP contribution in [-0.2, 0) is 14.4 Å². The molecule has 1 saturated carbocycles. The van der Waals surface area contributed by atoms with Gasteiger partial charge in [-0.05, 0) is 49.9 Å². The van der Waals surface area contributed by atoms with Crippen LogP contribution >= 0.6 is 7.14 Å². The first kappa shape index (κ1) is 24.3. The van der Waals surface area contributed by atoms with Crippen molar-refractivity contribution in [3.05, 3.63) is 107 Å². The average Bonchev–Trinajstić information content (AvgIpc) is 2.89. The normalized spacial score (nSPS) is 14.4. The van der Waals surface area contributed by atoms with Crippen molar-refractivity contribution < 1.29 is 17.7 Å². The summed E-state index contributed by atoms with van der Waals surface area (Å²) >= 11 is 0. The molecule has 0 atom stereocenters. The highest BCUT2D eigenvalue weighted by Gasteiger charge is 2.39. The van der Waals surface area contributed by atoms with E-state index in [1.54, 1.807) is 48.5 Å². The largest absolute Gasteiger partial charge is 0.497 e. The van der Waals surface area contributed by atoms with Gasteiger partial charge in [0.1, 0.15) is 5.75 Å². The van der Waals surface area contributed by atoms with Crippen LogP contribution in [0, 0.1) is 0 Å². The second-order valence-corrected chi connectivity index (χ2v) is 13.1. The van der Waals surface area contributed by atoms with Gasteiger partial charge >= 0.3 is 0 Å². The van der Waals surface area contributed by atoms with Gasteiger partial charge in [-0.25, -0.2) is 8.42 Å². The molecule has 1 aliphatic rings. The fourth-order valence-electron chi connectivity index (χ4n) is 4.51. The maximum absolute atomic E-state index is 15.0. The molecule has 3 aromatic carbocycles. The molecule has 0 aliphatic heterocycles. The topological polar surface area (TPSA) is 60.4 Å². The molecule has 0 bridgehead atoms. The van der Waals surface area contributed by atoms with Crippen LogP contribution in [0.1, 0.15) is 32.1 Å². The van der Waals surface area contributed by atoms with Gasteiger partial charge < -0.3 is 9.30 Å². The van der Waals surface area contributed by atoms with Crippen LogP contribution in [0.15, 0.2) is 112 Å². The van der Waals surface area contributed by atoms with E-state index in [9.17, 15) is 13.0 Å². The molecule has 3 aromatic rings. The Morgan fingerprint density at radius 2 is 1.29 bits per heavy atom. The van der Waals surface area contributed by atoms with E-state index in [0.29, 0.717) is 29.2 Å². The van der Waals surface area contributed by atoms with E-state index in [0.717, 1.165) is 24.8 Å². The third kappa shape index (κ3) is 4.55. The molecule has 4 rings (SSSR count). The Balaban J connectivity index is 1.95. The molecule has 0 radical (unpaired) electrons. The number of ether oxygens (including phenoxy) is 1. The lowest BCUT2D eigenvalue weighted by molar-refractivity contribution is 0.414. The number of benzene rings is 3. The van der Waals surface area contributed by atoms with E-state index >= 15 is 0 Å². The van der Waals surface area contributed by atoms with Gasteiger partial charge in [0, 0.05) is 15.9 Å². The van der Waals surface area contributed by atoms with Gasteiger partial charge in [-0.1, -0.05) is 79.2 Å². The fraction of sp³-hybridized carbons (Fsp3) is 0.214. The van der Waals surface area contributed by atoms with Crippen molar-refractivity contribution in [2.75, 3.05) is 7.11 Å². The third-order valence-electron chi connectivity index (χ3n) is 6.30. The number of allylic oxidation sites excluding steroid dienone is 2. The lowest BCUT2D eigenvalue weighted by Crippen LogP contribution is -2.21. The van der Waals surface area contributed by atoms with Crippen molar-refractivity contribution in [2.45, 2.75) is 37.0 Å². The zero-order valence-electron chi connectivity index (χ0n) is 19.3. The Morgan fingerprint density at radius 3 is 1.76 bits per heavy atom. The third-order valence-corrected chi connectivity index (χ3v) is 11.4. The van der Waals surface area contributed by atoms with Gasteiger partial charge in [0.15, 0.2) is 7.14 Å². The smallest absolute Gasteiger partial charge is 0.207 e. The minimum absolute atomic E-state index is 0.133. The van der Waals surface area contributed by atoms with Gasteiger partial charge in [0.05, 0.1) is 16.9 Å². The monoisotopic (exact) mass is 492 g/mol. The molecular weight excluding hydrogens is 463 g/mol. The zero-order valence-corrected chi connectivity index (χ0v) is 21.0. The number of hydrogen-bond donors (Lipinski definition) is 0. The van der Waals surface area contributed by atoms with Crippen molar-refractivity contribution >= 4 is 27.6 Å².